The molecule has 1 aromatic rings. The van der Waals surface area contributed by atoms with Crippen LogP contribution in [0.3, 0.4) is 0 Å². The molecule has 29 heavy (non-hydrogen) atoms. The van der Waals surface area contributed by atoms with Gasteiger partial charge < -0.3 is 10.2 Å². The van der Waals surface area contributed by atoms with Gasteiger partial charge in [-0.3, -0.25) is 14.5 Å². The van der Waals surface area contributed by atoms with E-state index >= 15 is 0 Å². The molecule has 1 saturated carbocycles. The van der Waals surface area contributed by atoms with Gasteiger partial charge in [-0.2, -0.15) is 0 Å². The predicted octanol–water partition coefficient (Wildman–Crippen LogP) is 3.93. The zero-order valence-corrected chi connectivity index (χ0v) is 19.3. The predicted molar refractivity (Wildman–Crippen MR) is 120 cm³/mol. The van der Waals surface area contributed by atoms with Crippen LogP contribution in [0.25, 0.3) is 0 Å². The Balaban J connectivity index is 1.60. The van der Waals surface area contributed by atoms with Gasteiger partial charge in [0.05, 0.1) is 6.04 Å². The van der Waals surface area contributed by atoms with E-state index in [4.69, 9.17) is 0 Å². The maximum atomic E-state index is 13.0. The van der Waals surface area contributed by atoms with Crippen molar-refractivity contribution in [2.45, 2.75) is 52.0 Å². The Bertz CT molecular complexity index is 695. The lowest BCUT2D eigenvalue weighted by molar-refractivity contribution is -0.129. The van der Waals surface area contributed by atoms with Crippen LogP contribution in [0.15, 0.2) is 28.7 Å². The molecule has 1 atom stereocenters. The number of hydrogen-bond donors (Lipinski definition) is 1. The Labute approximate surface area is 183 Å². The summed E-state index contributed by atoms with van der Waals surface area (Å²) in [5.41, 5.74) is 0.714. The molecule has 0 radical (unpaired) electrons. The van der Waals surface area contributed by atoms with E-state index in [-0.39, 0.29) is 17.9 Å². The van der Waals surface area contributed by atoms with Crippen LogP contribution in [0.4, 0.5) is 0 Å². The highest BCUT2D eigenvalue weighted by Crippen LogP contribution is 2.31. The molecule has 2 aliphatic rings. The van der Waals surface area contributed by atoms with Gasteiger partial charge in [0.2, 0.25) is 5.91 Å². The molecule has 0 bridgehead atoms. The summed E-state index contributed by atoms with van der Waals surface area (Å²) in [6, 6.07) is 7.51. The molecule has 2 fully saturated rings. The number of rotatable bonds is 7. The molecule has 1 aliphatic heterocycles. The minimum atomic E-state index is -0.0483. The van der Waals surface area contributed by atoms with E-state index in [1.165, 1.54) is 12.8 Å². The molecular weight excluding hydrogens is 430 g/mol. The lowest BCUT2D eigenvalue weighted by Crippen LogP contribution is -2.58. The monoisotopic (exact) mass is 463 g/mol. The van der Waals surface area contributed by atoms with Gasteiger partial charge in [-0.05, 0) is 49.3 Å². The molecule has 1 aromatic carbocycles. The molecular formula is C23H34BrN3O2. The van der Waals surface area contributed by atoms with Crippen molar-refractivity contribution in [1.29, 1.82) is 0 Å². The second-order valence-corrected chi connectivity index (χ2v) is 9.72. The molecule has 1 heterocycles. The van der Waals surface area contributed by atoms with Crippen LogP contribution in [-0.2, 0) is 4.79 Å². The average Bonchev–Trinajstić information content (AvgIpc) is 3.22. The Morgan fingerprint density at radius 3 is 2.45 bits per heavy atom. The fraction of sp³-hybridized carbons (Fsp3) is 0.652. The van der Waals surface area contributed by atoms with E-state index in [9.17, 15) is 9.59 Å². The van der Waals surface area contributed by atoms with Crippen molar-refractivity contribution < 1.29 is 9.59 Å². The first-order valence-electron chi connectivity index (χ1n) is 11.0. The maximum absolute atomic E-state index is 13.0. The highest BCUT2D eigenvalue weighted by molar-refractivity contribution is 9.10. The molecule has 5 nitrogen and oxygen atoms in total. The first-order chi connectivity index (χ1) is 14.0. The van der Waals surface area contributed by atoms with Crippen LogP contribution < -0.4 is 5.32 Å². The molecule has 1 N–H and O–H groups in total. The summed E-state index contributed by atoms with van der Waals surface area (Å²) in [5.74, 6) is 1.29. The van der Waals surface area contributed by atoms with Gasteiger partial charge in [-0.1, -0.05) is 48.7 Å². The van der Waals surface area contributed by atoms with Crippen LogP contribution in [0.2, 0.25) is 0 Å². The minimum absolute atomic E-state index is 0.0483. The smallest absolute Gasteiger partial charge is 0.253 e. The van der Waals surface area contributed by atoms with Gasteiger partial charge >= 0.3 is 0 Å². The van der Waals surface area contributed by atoms with Crippen molar-refractivity contribution in [3.8, 4) is 0 Å². The van der Waals surface area contributed by atoms with E-state index < -0.39 is 0 Å². The number of nitrogens with zero attached hydrogens (tertiary/aromatic N) is 2. The van der Waals surface area contributed by atoms with Crippen LogP contribution in [-0.4, -0.2) is 60.4 Å². The van der Waals surface area contributed by atoms with Crippen molar-refractivity contribution >= 4 is 27.7 Å². The zero-order chi connectivity index (χ0) is 20.8. The lowest BCUT2D eigenvalue weighted by atomic mass is 9.94. The third-order valence-electron chi connectivity index (χ3n) is 6.20. The van der Waals surface area contributed by atoms with Crippen LogP contribution in [0, 0.1) is 11.8 Å². The summed E-state index contributed by atoms with van der Waals surface area (Å²) >= 11 is 3.44. The summed E-state index contributed by atoms with van der Waals surface area (Å²) in [4.78, 5) is 30.1. The Hall–Kier alpha value is -1.40. The number of piperazine rings is 1. The lowest BCUT2D eigenvalue weighted by Gasteiger charge is -2.40. The Morgan fingerprint density at radius 1 is 1.14 bits per heavy atom. The number of hydrogen-bond acceptors (Lipinski definition) is 3. The van der Waals surface area contributed by atoms with Crippen molar-refractivity contribution in [2.24, 2.45) is 11.8 Å². The number of benzene rings is 1. The van der Waals surface area contributed by atoms with Crippen molar-refractivity contribution in [3.63, 3.8) is 0 Å². The number of nitrogens with one attached hydrogen (secondary N) is 1. The Morgan fingerprint density at radius 2 is 1.83 bits per heavy atom. The highest BCUT2D eigenvalue weighted by atomic mass is 79.9. The molecule has 1 aliphatic carbocycles. The minimum Gasteiger partial charge on any atom is -0.355 e. The van der Waals surface area contributed by atoms with E-state index in [0.717, 1.165) is 43.4 Å². The van der Waals surface area contributed by atoms with Crippen LogP contribution in [0.1, 0.15) is 56.3 Å². The fourth-order valence-electron chi connectivity index (χ4n) is 4.55. The maximum Gasteiger partial charge on any atom is 0.253 e. The highest BCUT2D eigenvalue weighted by Gasteiger charge is 2.37. The largest absolute Gasteiger partial charge is 0.355 e. The molecule has 0 aromatic heterocycles. The van der Waals surface area contributed by atoms with Gasteiger partial charge in [-0.25, -0.2) is 0 Å². The summed E-state index contributed by atoms with van der Waals surface area (Å²) < 4.78 is 0.918. The standard InChI is InChI=1S/C23H34BrN3O2/c1-17(2)10-11-25-22(28)21(18-6-3-4-7-18)26-12-14-27(15-13-26)23(29)19-8-5-9-20(24)16-19/h5,8-9,16-18,21H,3-4,6-7,10-15H2,1-2H3,(H,25,28)/t21-/m1/s1. The van der Waals surface area contributed by atoms with Gasteiger partial charge in [0.25, 0.3) is 5.91 Å². The molecule has 3 rings (SSSR count). The number of carbonyl (C=O) groups is 2. The molecule has 0 spiro atoms. The van der Waals surface area contributed by atoms with E-state index in [2.05, 4.69) is 40.0 Å². The summed E-state index contributed by atoms with van der Waals surface area (Å²) in [6.07, 6.45) is 5.74. The Kier molecular flexibility index (Phi) is 8.13. The third-order valence-corrected chi connectivity index (χ3v) is 6.70. The van der Waals surface area contributed by atoms with Crippen molar-refractivity contribution in [2.75, 3.05) is 32.7 Å². The van der Waals surface area contributed by atoms with Crippen molar-refractivity contribution in [1.82, 2.24) is 15.1 Å². The fourth-order valence-corrected chi connectivity index (χ4v) is 4.95. The summed E-state index contributed by atoms with van der Waals surface area (Å²) in [6.45, 7) is 7.99. The normalized spacial score (nSPS) is 19.5. The first-order valence-corrected chi connectivity index (χ1v) is 11.8. The summed E-state index contributed by atoms with van der Waals surface area (Å²) in [7, 11) is 0. The number of amides is 2. The molecule has 0 unspecified atom stereocenters. The van der Waals surface area contributed by atoms with E-state index in [1.54, 1.807) is 0 Å². The first kappa shape index (κ1) is 22.3. The topological polar surface area (TPSA) is 52.7 Å². The van der Waals surface area contributed by atoms with Gasteiger partial charge in [0.15, 0.2) is 0 Å². The molecule has 6 heteroatoms. The molecule has 1 saturated heterocycles. The van der Waals surface area contributed by atoms with E-state index in [0.29, 0.717) is 30.5 Å². The van der Waals surface area contributed by atoms with Gasteiger partial charge in [0.1, 0.15) is 0 Å². The number of carbonyl (C=O) groups excluding carboxylic acids is 2. The van der Waals surface area contributed by atoms with Crippen LogP contribution >= 0.6 is 15.9 Å². The average molecular weight is 464 g/mol. The SMILES string of the molecule is CC(C)CCNC(=O)[C@@H](C1CCCC1)N1CCN(C(=O)c2cccc(Br)c2)CC1. The van der Waals surface area contributed by atoms with Gasteiger partial charge in [-0.15, -0.1) is 0 Å². The quantitative estimate of drug-likeness (QED) is 0.666. The van der Waals surface area contributed by atoms with Crippen molar-refractivity contribution in [3.05, 3.63) is 34.3 Å². The van der Waals surface area contributed by atoms with Crippen LogP contribution in [0.5, 0.6) is 0 Å². The summed E-state index contributed by atoms with van der Waals surface area (Å²) in [5, 5.41) is 3.19. The van der Waals surface area contributed by atoms with E-state index in [1.807, 2.05) is 29.2 Å². The molecule has 160 valence electrons. The molecule has 2 amide bonds. The van der Waals surface area contributed by atoms with Gasteiger partial charge in [0, 0.05) is 42.8 Å². The second-order valence-electron chi connectivity index (χ2n) is 8.80. The zero-order valence-electron chi connectivity index (χ0n) is 17.7. The third kappa shape index (κ3) is 6.05. The number of halogens is 1. The second kappa shape index (κ2) is 10.6.